The van der Waals surface area contributed by atoms with Gasteiger partial charge in [0.2, 0.25) is 10.9 Å². The molecule has 8 nitrogen and oxygen atoms in total. The predicted octanol–water partition coefficient (Wildman–Crippen LogP) is 3.22. The number of benzene rings is 1. The van der Waals surface area contributed by atoms with Crippen molar-refractivity contribution in [3.05, 3.63) is 53.7 Å². The number of aromatic nitrogens is 1. The third-order valence-corrected chi connectivity index (χ3v) is 4.60. The van der Waals surface area contributed by atoms with E-state index in [0.717, 1.165) is 0 Å². The fourth-order valence-electron chi connectivity index (χ4n) is 2.21. The van der Waals surface area contributed by atoms with Crippen LogP contribution in [0.1, 0.15) is 23.0 Å². The molecule has 1 N–H and O–H groups in total. The summed E-state index contributed by atoms with van der Waals surface area (Å²) in [4.78, 5) is 11.8. The molecule has 0 amide bonds. The first kappa shape index (κ1) is 17.7. The van der Waals surface area contributed by atoms with Crippen LogP contribution in [0.2, 0.25) is 0 Å². The van der Waals surface area contributed by atoms with Crippen molar-refractivity contribution >= 4 is 21.7 Å². The Kier molecular flexibility index (Phi) is 4.81. The number of aryl methyl sites for hydroxylation is 1. The highest BCUT2D eigenvalue weighted by molar-refractivity contribution is 7.92. The largest absolute Gasteiger partial charge is 0.462 e. The van der Waals surface area contributed by atoms with Gasteiger partial charge in [0.15, 0.2) is 5.76 Å². The number of hydrogen-bond acceptors (Lipinski definition) is 7. The number of anilines is 1. The van der Waals surface area contributed by atoms with E-state index in [1.165, 1.54) is 30.3 Å². The third-order valence-electron chi connectivity index (χ3n) is 3.34. The maximum atomic E-state index is 12.5. The van der Waals surface area contributed by atoms with Crippen molar-refractivity contribution in [1.29, 1.82) is 0 Å². The Morgan fingerprint density at radius 2 is 2.00 bits per heavy atom. The minimum absolute atomic E-state index is 0.212. The van der Waals surface area contributed by atoms with E-state index in [1.807, 2.05) is 0 Å². The minimum atomic E-state index is -3.98. The van der Waals surface area contributed by atoms with Crippen molar-refractivity contribution in [3.63, 3.8) is 0 Å². The fraction of sp³-hybridized carbons (Fsp3) is 0.176. The number of esters is 1. The molecule has 26 heavy (non-hydrogen) atoms. The Balaban J connectivity index is 1.82. The monoisotopic (exact) mass is 376 g/mol. The van der Waals surface area contributed by atoms with Gasteiger partial charge in [0.1, 0.15) is 0 Å². The highest BCUT2D eigenvalue weighted by atomic mass is 32.2. The zero-order valence-corrected chi connectivity index (χ0v) is 14.9. The fourth-order valence-corrected chi connectivity index (χ4v) is 3.19. The summed E-state index contributed by atoms with van der Waals surface area (Å²) < 4.78 is 42.7. The number of nitrogens with one attached hydrogen (secondary N) is 1. The molecule has 2 heterocycles. The third kappa shape index (κ3) is 3.77. The zero-order valence-electron chi connectivity index (χ0n) is 14.1. The van der Waals surface area contributed by atoms with Crippen LogP contribution >= 0.6 is 0 Å². The molecular weight excluding hydrogens is 360 g/mol. The van der Waals surface area contributed by atoms with Gasteiger partial charge in [-0.1, -0.05) is 11.2 Å². The molecule has 0 fully saturated rings. The first-order chi connectivity index (χ1) is 12.4. The van der Waals surface area contributed by atoms with Crippen LogP contribution in [0, 0.1) is 6.92 Å². The number of carbonyl (C=O) groups is 1. The molecule has 1 aromatic carbocycles. The molecule has 0 aliphatic carbocycles. The van der Waals surface area contributed by atoms with E-state index in [4.69, 9.17) is 13.7 Å². The number of carbonyl (C=O) groups excluding carboxylic acids is 1. The van der Waals surface area contributed by atoms with Crippen molar-refractivity contribution in [2.24, 2.45) is 0 Å². The van der Waals surface area contributed by atoms with Crippen LogP contribution in [0.5, 0.6) is 0 Å². The molecule has 3 rings (SSSR count). The Hall–Kier alpha value is -3.07. The van der Waals surface area contributed by atoms with Crippen LogP contribution in [0.15, 0.2) is 56.5 Å². The first-order valence-electron chi connectivity index (χ1n) is 7.72. The van der Waals surface area contributed by atoms with Crippen LogP contribution in [0.4, 0.5) is 5.69 Å². The van der Waals surface area contributed by atoms with Crippen molar-refractivity contribution in [2.45, 2.75) is 18.9 Å². The summed E-state index contributed by atoms with van der Waals surface area (Å²) in [6, 6.07) is 10.4. The standard InChI is InChI=1S/C17H16N2O6S/c1-3-23-17(20)12-5-4-6-13(10-12)19-26(21,22)16-8-7-14(24-16)15-9-11(2)18-25-15/h4-10,19H,3H2,1-2H3. The lowest BCUT2D eigenvalue weighted by Crippen LogP contribution is -2.13. The lowest BCUT2D eigenvalue weighted by molar-refractivity contribution is 0.0526. The molecule has 3 aromatic rings. The second kappa shape index (κ2) is 7.04. The van der Waals surface area contributed by atoms with Crippen LogP contribution in [0.3, 0.4) is 0 Å². The van der Waals surface area contributed by atoms with Crippen molar-refractivity contribution < 1.29 is 26.9 Å². The van der Waals surface area contributed by atoms with Gasteiger partial charge >= 0.3 is 5.97 Å². The summed E-state index contributed by atoms with van der Waals surface area (Å²) in [5.74, 6) is 0.0361. The maximum Gasteiger partial charge on any atom is 0.338 e. The number of hydrogen-bond donors (Lipinski definition) is 1. The van der Waals surface area contributed by atoms with E-state index in [2.05, 4.69) is 9.88 Å². The number of furan rings is 1. The van der Waals surface area contributed by atoms with Gasteiger partial charge in [-0.05, 0) is 44.2 Å². The summed E-state index contributed by atoms with van der Waals surface area (Å²) in [6.45, 7) is 3.66. The first-order valence-corrected chi connectivity index (χ1v) is 9.21. The number of nitrogens with zero attached hydrogens (tertiary/aromatic N) is 1. The van der Waals surface area contributed by atoms with Crippen LogP contribution in [0.25, 0.3) is 11.5 Å². The van der Waals surface area contributed by atoms with E-state index >= 15 is 0 Å². The second-order valence-electron chi connectivity index (χ2n) is 5.36. The lowest BCUT2D eigenvalue weighted by Gasteiger charge is -2.07. The maximum absolute atomic E-state index is 12.5. The summed E-state index contributed by atoms with van der Waals surface area (Å²) in [6.07, 6.45) is 0. The average molecular weight is 376 g/mol. The molecule has 0 aliphatic rings. The van der Waals surface area contributed by atoms with Crippen LogP contribution in [-0.2, 0) is 14.8 Å². The molecular formula is C17H16N2O6S. The number of rotatable bonds is 6. The van der Waals surface area contributed by atoms with E-state index in [9.17, 15) is 13.2 Å². The summed E-state index contributed by atoms with van der Waals surface area (Å²) >= 11 is 0. The van der Waals surface area contributed by atoms with E-state index in [0.29, 0.717) is 11.5 Å². The molecule has 0 saturated carbocycles. The van der Waals surface area contributed by atoms with Crippen molar-refractivity contribution in [2.75, 3.05) is 11.3 Å². The van der Waals surface area contributed by atoms with Gasteiger partial charge in [0, 0.05) is 11.8 Å². The summed E-state index contributed by atoms with van der Waals surface area (Å²) in [5, 5.41) is 3.44. The van der Waals surface area contributed by atoms with Crippen LogP contribution in [-0.4, -0.2) is 26.2 Å². The van der Waals surface area contributed by atoms with Gasteiger partial charge in [0.25, 0.3) is 10.0 Å². The molecule has 136 valence electrons. The molecule has 0 aliphatic heterocycles. The quantitative estimate of drug-likeness (QED) is 0.657. The number of ether oxygens (including phenoxy) is 1. The molecule has 9 heteroatoms. The Labute approximate surface area is 149 Å². The molecule has 0 radical (unpaired) electrons. The molecule has 0 spiro atoms. The predicted molar refractivity (Wildman–Crippen MR) is 92.1 cm³/mol. The number of sulfonamides is 1. The molecule has 2 aromatic heterocycles. The van der Waals surface area contributed by atoms with Gasteiger partial charge < -0.3 is 13.7 Å². The highest BCUT2D eigenvalue weighted by Gasteiger charge is 2.21. The van der Waals surface area contributed by atoms with Gasteiger partial charge in [-0.25, -0.2) is 4.79 Å². The summed E-state index contributed by atoms with van der Waals surface area (Å²) in [7, 11) is -3.98. The van der Waals surface area contributed by atoms with Gasteiger partial charge in [-0.15, -0.1) is 0 Å². The topological polar surface area (TPSA) is 112 Å². The van der Waals surface area contributed by atoms with Crippen LogP contribution < -0.4 is 4.72 Å². The van der Waals surface area contributed by atoms with Gasteiger partial charge in [0.05, 0.1) is 17.9 Å². The van der Waals surface area contributed by atoms with Crippen molar-refractivity contribution in [3.8, 4) is 11.5 Å². The minimum Gasteiger partial charge on any atom is -0.462 e. The summed E-state index contributed by atoms with van der Waals surface area (Å²) in [5.41, 5.74) is 1.10. The van der Waals surface area contributed by atoms with E-state index in [-0.39, 0.29) is 28.7 Å². The van der Waals surface area contributed by atoms with Gasteiger partial charge in [-0.3, -0.25) is 4.72 Å². The normalized spacial score (nSPS) is 11.3. The zero-order chi connectivity index (χ0) is 18.7. The Morgan fingerprint density at radius 3 is 2.69 bits per heavy atom. The van der Waals surface area contributed by atoms with E-state index < -0.39 is 16.0 Å². The Morgan fingerprint density at radius 1 is 1.19 bits per heavy atom. The van der Waals surface area contributed by atoms with Crippen molar-refractivity contribution in [1.82, 2.24) is 5.16 Å². The highest BCUT2D eigenvalue weighted by Crippen LogP contribution is 2.26. The van der Waals surface area contributed by atoms with Gasteiger partial charge in [-0.2, -0.15) is 8.42 Å². The lowest BCUT2D eigenvalue weighted by atomic mass is 10.2. The second-order valence-corrected chi connectivity index (χ2v) is 6.97. The molecule has 0 unspecified atom stereocenters. The smallest absolute Gasteiger partial charge is 0.338 e. The molecule has 0 atom stereocenters. The molecule has 0 bridgehead atoms. The molecule has 0 saturated heterocycles. The van der Waals surface area contributed by atoms with E-state index in [1.54, 1.807) is 26.0 Å². The SMILES string of the molecule is CCOC(=O)c1cccc(NS(=O)(=O)c2ccc(-c3cc(C)no3)o2)c1. The average Bonchev–Trinajstić information content (AvgIpc) is 3.24. The Bertz CT molecular complexity index is 1030.